The van der Waals surface area contributed by atoms with Crippen LogP contribution < -0.4 is 14.4 Å². The van der Waals surface area contributed by atoms with Gasteiger partial charge in [-0.3, -0.25) is 9.59 Å². The first-order valence-electron chi connectivity index (χ1n) is 12.5. The Morgan fingerprint density at radius 1 is 0.974 bits per heavy atom. The molecule has 2 N–H and O–H groups in total. The zero-order valence-electron chi connectivity index (χ0n) is 20.9. The third-order valence-corrected chi connectivity index (χ3v) is 6.88. The number of carboxylic acid groups (broad SMARTS) is 1. The Morgan fingerprint density at radius 2 is 1.74 bits per heavy atom. The minimum atomic E-state index is -0.923. The number of phenols is 1. The number of hydrogen-bond acceptors (Lipinski definition) is 5. The molecular weight excluding hydrogens is 518 g/mol. The van der Waals surface area contributed by atoms with Crippen molar-refractivity contribution in [3.8, 4) is 23.0 Å². The zero-order chi connectivity index (χ0) is 27.4. The quantitative estimate of drug-likeness (QED) is 0.257. The van der Waals surface area contributed by atoms with E-state index >= 15 is 0 Å². The molecule has 0 fully saturated rings. The average Bonchev–Trinajstić information content (AvgIpc) is 2.94. The van der Waals surface area contributed by atoms with Gasteiger partial charge in [-0.25, -0.2) is 0 Å². The van der Waals surface area contributed by atoms with E-state index in [1.54, 1.807) is 65.6 Å². The molecule has 0 aromatic heterocycles. The van der Waals surface area contributed by atoms with Gasteiger partial charge in [0.25, 0.3) is 5.91 Å². The topological polar surface area (TPSA) is 96.3 Å². The van der Waals surface area contributed by atoms with Crippen molar-refractivity contribution in [3.63, 3.8) is 0 Å². The molecule has 7 nitrogen and oxygen atoms in total. The number of hydrogen-bond donors (Lipinski definition) is 2. The molecule has 1 aliphatic rings. The first-order valence-corrected chi connectivity index (χ1v) is 12.9. The van der Waals surface area contributed by atoms with Crippen LogP contribution in [0, 0.1) is 0 Å². The van der Waals surface area contributed by atoms with Gasteiger partial charge in [-0.05, 0) is 60.9 Å². The number of amides is 1. The zero-order valence-corrected chi connectivity index (χ0v) is 21.7. The minimum absolute atomic E-state index is 0.0781. The monoisotopic (exact) mass is 543 g/mol. The highest BCUT2D eigenvalue weighted by Crippen LogP contribution is 2.42. The van der Waals surface area contributed by atoms with E-state index in [1.165, 1.54) is 0 Å². The fourth-order valence-corrected chi connectivity index (χ4v) is 4.78. The van der Waals surface area contributed by atoms with Gasteiger partial charge >= 0.3 is 5.97 Å². The molecule has 1 aliphatic heterocycles. The number of anilines is 1. The Bertz CT molecular complexity index is 1490. The minimum Gasteiger partial charge on any atom is -0.508 e. The van der Waals surface area contributed by atoms with Gasteiger partial charge < -0.3 is 24.6 Å². The van der Waals surface area contributed by atoms with Gasteiger partial charge in [0, 0.05) is 35.5 Å². The SMILES string of the molecule is O=C(O)C1CCOc2cc(Oc3ccc(C(=O)N(CCc4ccccc4)c4cccc(O)c4)cc3)c(Cl)cc21. The second-order valence-corrected chi connectivity index (χ2v) is 9.59. The van der Waals surface area contributed by atoms with Gasteiger partial charge in [-0.15, -0.1) is 0 Å². The molecule has 4 aromatic rings. The summed E-state index contributed by atoms with van der Waals surface area (Å²) in [6.07, 6.45) is 1.02. The van der Waals surface area contributed by atoms with Gasteiger partial charge in [0.05, 0.1) is 17.5 Å². The lowest BCUT2D eigenvalue weighted by Gasteiger charge is -2.24. The fraction of sp³-hybridized carbons (Fsp3) is 0.161. The number of carboxylic acids is 1. The van der Waals surface area contributed by atoms with Crippen molar-refractivity contribution in [1.82, 2.24) is 0 Å². The molecule has 1 heterocycles. The first kappa shape index (κ1) is 26.1. The Balaban J connectivity index is 1.35. The van der Waals surface area contributed by atoms with Crippen LogP contribution in [0.2, 0.25) is 5.02 Å². The molecule has 0 saturated heterocycles. The Morgan fingerprint density at radius 3 is 2.46 bits per heavy atom. The maximum atomic E-state index is 13.6. The second kappa shape index (κ2) is 11.5. The molecule has 1 amide bonds. The van der Waals surface area contributed by atoms with Crippen LogP contribution in [0.5, 0.6) is 23.0 Å². The molecule has 5 rings (SSSR count). The lowest BCUT2D eigenvalue weighted by Crippen LogP contribution is -2.32. The normalized spacial score (nSPS) is 14.1. The van der Waals surface area contributed by atoms with Crippen molar-refractivity contribution >= 4 is 29.2 Å². The molecule has 0 spiro atoms. The molecule has 8 heteroatoms. The van der Waals surface area contributed by atoms with Crippen LogP contribution in [0.15, 0.2) is 91.0 Å². The molecule has 0 radical (unpaired) electrons. The van der Waals surface area contributed by atoms with E-state index in [9.17, 15) is 19.8 Å². The van der Waals surface area contributed by atoms with Crippen LogP contribution in [0.25, 0.3) is 0 Å². The molecule has 0 aliphatic carbocycles. The van der Waals surface area contributed by atoms with Gasteiger partial charge in [-0.2, -0.15) is 0 Å². The summed E-state index contributed by atoms with van der Waals surface area (Å²) < 4.78 is 11.6. The van der Waals surface area contributed by atoms with Crippen LogP contribution in [-0.4, -0.2) is 35.2 Å². The number of phenolic OH excluding ortho intramolecular Hbond substituents is 1. The Hall–Kier alpha value is -4.49. The van der Waals surface area contributed by atoms with E-state index in [1.807, 2.05) is 30.3 Å². The lowest BCUT2D eigenvalue weighted by molar-refractivity contribution is -0.139. The van der Waals surface area contributed by atoms with Gasteiger partial charge in [0.1, 0.15) is 23.0 Å². The van der Waals surface area contributed by atoms with Crippen molar-refractivity contribution in [1.29, 1.82) is 0 Å². The van der Waals surface area contributed by atoms with Crippen molar-refractivity contribution in [2.75, 3.05) is 18.1 Å². The number of rotatable bonds is 8. The molecule has 1 atom stereocenters. The number of aromatic hydroxyl groups is 1. The van der Waals surface area contributed by atoms with Crippen LogP contribution in [0.4, 0.5) is 5.69 Å². The number of halogens is 1. The Kier molecular flexibility index (Phi) is 7.70. The molecule has 0 bridgehead atoms. The predicted octanol–water partition coefficient (Wildman–Crippen LogP) is 6.68. The van der Waals surface area contributed by atoms with E-state index < -0.39 is 11.9 Å². The van der Waals surface area contributed by atoms with Crippen LogP contribution in [0.1, 0.15) is 33.8 Å². The van der Waals surface area contributed by atoms with Crippen molar-refractivity contribution in [2.24, 2.45) is 0 Å². The summed E-state index contributed by atoms with van der Waals surface area (Å²) in [6.45, 7) is 0.717. The smallest absolute Gasteiger partial charge is 0.311 e. The van der Waals surface area contributed by atoms with E-state index in [-0.39, 0.29) is 16.7 Å². The highest BCUT2D eigenvalue weighted by Gasteiger charge is 2.29. The van der Waals surface area contributed by atoms with Crippen molar-refractivity contribution in [2.45, 2.75) is 18.8 Å². The highest BCUT2D eigenvalue weighted by molar-refractivity contribution is 6.32. The third kappa shape index (κ3) is 5.99. The van der Waals surface area contributed by atoms with E-state index in [4.69, 9.17) is 21.1 Å². The predicted molar refractivity (Wildman–Crippen MR) is 148 cm³/mol. The maximum Gasteiger partial charge on any atom is 0.311 e. The Labute approximate surface area is 230 Å². The summed E-state index contributed by atoms with van der Waals surface area (Å²) in [4.78, 5) is 26.8. The molecular formula is C31H26ClNO6. The summed E-state index contributed by atoms with van der Waals surface area (Å²) in [5.74, 6) is -0.538. The van der Waals surface area contributed by atoms with Crippen molar-refractivity contribution in [3.05, 3.63) is 113 Å². The summed E-state index contributed by atoms with van der Waals surface area (Å²) in [5.41, 5.74) is 2.66. The molecule has 4 aromatic carbocycles. The van der Waals surface area contributed by atoms with Crippen molar-refractivity contribution < 1.29 is 29.3 Å². The van der Waals surface area contributed by atoms with E-state index in [0.29, 0.717) is 60.1 Å². The lowest BCUT2D eigenvalue weighted by atomic mass is 9.93. The molecule has 39 heavy (non-hydrogen) atoms. The van der Waals surface area contributed by atoms with E-state index in [0.717, 1.165) is 5.56 Å². The number of carbonyl (C=O) groups excluding carboxylic acids is 1. The average molecular weight is 544 g/mol. The van der Waals surface area contributed by atoms with Gasteiger partial charge in [-0.1, -0.05) is 48.0 Å². The second-order valence-electron chi connectivity index (χ2n) is 9.19. The number of benzene rings is 4. The maximum absolute atomic E-state index is 13.6. The standard InChI is InChI=1S/C31H26ClNO6/c32-27-18-26-25(31(36)37)14-16-38-28(26)19-29(27)39-24-11-9-21(10-12-24)30(35)33(22-7-4-8-23(34)17-22)15-13-20-5-2-1-3-6-20/h1-12,17-19,25,34H,13-16H2,(H,36,37). The van der Waals surface area contributed by atoms with E-state index in [2.05, 4.69) is 0 Å². The molecule has 1 unspecified atom stereocenters. The summed E-state index contributed by atoms with van der Waals surface area (Å²) in [6, 6.07) is 26.3. The number of nitrogens with zero attached hydrogens (tertiary/aromatic N) is 1. The third-order valence-electron chi connectivity index (χ3n) is 6.58. The van der Waals surface area contributed by atoms with Crippen LogP contribution >= 0.6 is 11.6 Å². The number of carbonyl (C=O) groups is 2. The number of aliphatic carboxylic acids is 1. The largest absolute Gasteiger partial charge is 0.508 e. The van der Waals surface area contributed by atoms with Gasteiger partial charge in [0.2, 0.25) is 0 Å². The van der Waals surface area contributed by atoms with Crippen LogP contribution in [0.3, 0.4) is 0 Å². The summed E-state index contributed by atoms with van der Waals surface area (Å²) in [7, 11) is 0. The molecule has 0 saturated carbocycles. The molecule has 198 valence electrons. The summed E-state index contributed by atoms with van der Waals surface area (Å²) in [5, 5.41) is 19.8. The van der Waals surface area contributed by atoms with Crippen LogP contribution in [-0.2, 0) is 11.2 Å². The summed E-state index contributed by atoms with van der Waals surface area (Å²) >= 11 is 6.42. The van der Waals surface area contributed by atoms with Gasteiger partial charge in [0.15, 0.2) is 0 Å². The fourth-order valence-electron chi connectivity index (χ4n) is 4.57. The first-order chi connectivity index (χ1) is 18.9. The highest BCUT2D eigenvalue weighted by atomic mass is 35.5. The number of fused-ring (bicyclic) bond motifs is 1. The number of ether oxygens (including phenoxy) is 2.